The molecule has 2 aliphatic rings. The van der Waals surface area contributed by atoms with E-state index in [0.717, 1.165) is 6.54 Å². The molecule has 18 heavy (non-hydrogen) atoms. The number of fused-ring (bicyclic) bond motifs is 1. The predicted octanol–water partition coefficient (Wildman–Crippen LogP) is 0.415. The molecule has 1 fully saturated rings. The van der Waals surface area contributed by atoms with E-state index in [9.17, 15) is 8.42 Å². The van der Waals surface area contributed by atoms with Crippen LogP contribution in [0.3, 0.4) is 0 Å². The summed E-state index contributed by atoms with van der Waals surface area (Å²) >= 11 is 0. The van der Waals surface area contributed by atoms with Crippen molar-refractivity contribution in [3.63, 3.8) is 0 Å². The molecule has 1 aromatic rings. The Labute approximate surface area is 106 Å². The van der Waals surface area contributed by atoms with E-state index in [1.807, 2.05) is 11.0 Å². The molecular formula is C12H15N3O2S. The van der Waals surface area contributed by atoms with Crippen molar-refractivity contribution in [3.8, 4) is 0 Å². The molecule has 1 aromatic carbocycles. The zero-order valence-corrected chi connectivity index (χ0v) is 10.9. The highest BCUT2D eigenvalue weighted by molar-refractivity contribution is 7.90. The number of amidine groups is 1. The van der Waals surface area contributed by atoms with Crippen LogP contribution in [0.25, 0.3) is 0 Å². The van der Waals surface area contributed by atoms with Gasteiger partial charge < -0.3 is 10.6 Å². The Morgan fingerprint density at radius 1 is 1.33 bits per heavy atom. The van der Waals surface area contributed by atoms with Crippen LogP contribution >= 0.6 is 0 Å². The maximum atomic E-state index is 11.9. The fourth-order valence-corrected chi connectivity index (χ4v) is 3.71. The molecule has 2 heterocycles. The van der Waals surface area contributed by atoms with E-state index < -0.39 is 10.0 Å². The minimum atomic E-state index is -3.52. The molecule has 6 heteroatoms. The summed E-state index contributed by atoms with van der Waals surface area (Å²) in [5.41, 5.74) is 6.67. The van der Waals surface area contributed by atoms with E-state index in [1.54, 1.807) is 18.2 Å². The van der Waals surface area contributed by atoms with Gasteiger partial charge in [-0.25, -0.2) is 0 Å². The number of likely N-dealkylation sites (tertiary alicyclic amines) is 1. The lowest BCUT2D eigenvalue weighted by atomic mass is 10.1. The summed E-state index contributed by atoms with van der Waals surface area (Å²) in [5.74, 6) is 0.897. The third-order valence-corrected chi connectivity index (χ3v) is 4.91. The predicted molar refractivity (Wildman–Crippen MR) is 68.9 cm³/mol. The van der Waals surface area contributed by atoms with Gasteiger partial charge in [-0.2, -0.15) is 8.42 Å². The van der Waals surface area contributed by atoms with Gasteiger partial charge in [0.05, 0.1) is 0 Å². The van der Waals surface area contributed by atoms with Crippen molar-refractivity contribution in [2.75, 3.05) is 13.1 Å². The third kappa shape index (κ3) is 1.64. The van der Waals surface area contributed by atoms with Crippen LogP contribution in [0.2, 0.25) is 0 Å². The number of rotatable bonds is 0. The van der Waals surface area contributed by atoms with Crippen molar-refractivity contribution in [3.05, 3.63) is 29.8 Å². The molecule has 0 radical (unpaired) electrons. The van der Waals surface area contributed by atoms with Gasteiger partial charge in [-0.3, -0.25) is 0 Å². The van der Waals surface area contributed by atoms with Gasteiger partial charge in [0, 0.05) is 24.7 Å². The Kier molecular flexibility index (Phi) is 2.46. The molecule has 0 amide bonds. The number of nitrogens with zero attached hydrogens (tertiary/aromatic N) is 2. The highest BCUT2D eigenvalue weighted by Gasteiger charge is 2.36. The fourth-order valence-electron chi connectivity index (χ4n) is 2.48. The van der Waals surface area contributed by atoms with E-state index in [0.29, 0.717) is 28.8 Å². The van der Waals surface area contributed by atoms with Gasteiger partial charge in [-0.15, -0.1) is 4.40 Å². The molecule has 2 atom stereocenters. The van der Waals surface area contributed by atoms with Crippen LogP contribution in [0.5, 0.6) is 0 Å². The van der Waals surface area contributed by atoms with Gasteiger partial charge in [0.2, 0.25) is 0 Å². The normalized spacial score (nSPS) is 29.2. The maximum Gasteiger partial charge on any atom is 0.285 e. The van der Waals surface area contributed by atoms with Crippen LogP contribution in [-0.2, 0) is 10.0 Å². The molecule has 1 saturated heterocycles. The van der Waals surface area contributed by atoms with E-state index in [-0.39, 0.29) is 6.04 Å². The Bertz CT molecular complexity index is 614. The van der Waals surface area contributed by atoms with Crippen LogP contribution < -0.4 is 5.73 Å². The number of sulfonamides is 1. The second-order valence-electron chi connectivity index (χ2n) is 4.93. The van der Waals surface area contributed by atoms with Gasteiger partial charge in [-0.05, 0) is 18.1 Å². The Morgan fingerprint density at radius 2 is 2.06 bits per heavy atom. The smallest absolute Gasteiger partial charge is 0.285 e. The SMILES string of the molecule is CC1CN(C2=NS(=O)(=O)c3ccccc32)CC1N. The highest BCUT2D eigenvalue weighted by atomic mass is 32.2. The van der Waals surface area contributed by atoms with Crippen molar-refractivity contribution in [2.24, 2.45) is 16.0 Å². The first-order chi connectivity index (χ1) is 8.49. The number of nitrogens with two attached hydrogens (primary N) is 1. The zero-order valence-electron chi connectivity index (χ0n) is 10.1. The van der Waals surface area contributed by atoms with Crippen LogP contribution in [0.15, 0.2) is 33.6 Å². The minimum absolute atomic E-state index is 0.0724. The monoisotopic (exact) mass is 265 g/mol. The summed E-state index contributed by atoms with van der Waals surface area (Å²) in [6.45, 7) is 3.48. The van der Waals surface area contributed by atoms with E-state index in [1.165, 1.54) is 0 Å². The second-order valence-corrected chi connectivity index (χ2v) is 6.50. The number of hydrogen-bond donors (Lipinski definition) is 1. The molecule has 5 nitrogen and oxygen atoms in total. The molecule has 0 saturated carbocycles. The van der Waals surface area contributed by atoms with Crippen molar-refractivity contribution < 1.29 is 8.42 Å². The van der Waals surface area contributed by atoms with Crippen LogP contribution in [0, 0.1) is 5.92 Å². The van der Waals surface area contributed by atoms with Gasteiger partial charge in [-0.1, -0.05) is 19.1 Å². The summed E-state index contributed by atoms with van der Waals surface area (Å²) in [6.07, 6.45) is 0. The van der Waals surface area contributed by atoms with Gasteiger partial charge >= 0.3 is 0 Å². The molecule has 2 unspecified atom stereocenters. The van der Waals surface area contributed by atoms with Crippen LogP contribution in [-0.4, -0.2) is 38.3 Å². The summed E-state index contributed by atoms with van der Waals surface area (Å²) < 4.78 is 27.8. The molecule has 0 bridgehead atoms. The molecule has 96 valence electrons. The van der Waals surface area contributed by atoms with E-state index in [2.05, 4.69) is 11.3 Å². The summed E-state index contributed by atoms with van der Waals surface area (Å²) in [4.78, 5) is 2.27. The highest BCUT2D eigenvalue weighted by Crippen LogP contribution is 2.29. The molecular weight excluding hydrogens is 250 g/mol. The first-order valence-electron chi connectivity index (χ1n) is 5.94. The Balaban J connectivity index is 2.05. The summed E-state index contributed by atoms with van der Waals surface area (Å²) in [5, 5.41) is 0. The maximum absolute atomic E-state index is 11.9. The quantitative estimate of drug-likeness (QED) is 0.737. The average Bonchev–Trinajstić information content (AvgIpc) is 2.79. The molecule has 2 N–H and O–H groups in total. The lowest BCUT2D eigenvalue weighted by Gasteiger charge is -2.17. The Morgan fingerprint density at radius 3 is 2.72 bits per heavy atom. The van der Waals surface area contributed by atoms with Crippen molar-refractivity contribution in [1.29, 1.82) is 0 Å². The summed E-state index contributed by atoms with van der Waals surface area (Å²) in [6, 6.07) is 7.01. The van der Waals surface area contributed by atoms with Crippen molar-refractivity contribution in [2.45, 2.75) is 17.9 Å². The molecule has 0 aromatic heterocycles. The van der Waals surface area contributed by atoms with Crippen molar-refractivity contribution in [1.82, 2.24) is 4.90 Å². The summed E-state index contributed by atoms with van der Waals surface area (Å²) in [7, 11) is -3.52. The van der Waals surface area contributed by atoms with E-state index >= 15 is 0 Å². The van der Waals surface area contributed by atoms with Crippen molar-refractivity contribution >= 4 is 15.9 Å². The molecule has 0 spiro atoms. The first-order valence-corrected chi connectivity index (χ1v) is 7.38. The number of hydrogen-bond acceptors (Lipinski definition) is 4. The van der Waals surface area contributed by atoms with Gasteiger partial charge in [0.25, 0.3) is 10.0 Å². The zero-order chi connectivity index (χ0) is 12.9. The molecule has 3 rings (SSSR count). The fraction of sp³-hybridized carbons (Fsp3) is 0.417. The lowest BCUT2D eigenvalue weighted by Crippen LogP contribution is -2.32. The minimum Gasteiger partial charge on any atom is -0.354 e. The number of benzene rings is 1. The molecule has 2 aliphatic heterocycles. The molecule has 0 aliphatic carbocycles. The van der Waals surface area contributed by atoms with Gasteiger partial charge in [0.1, 0.15) is 4.90 Å². The van der Waals surface area contributed by atoms with E-state index in [4.69, 9.17) is 5.73 Å². The van der Waals surface area contributed by atoms with Crippen LogP contribution in [0.4, 0.5) is 0 Å². The Hall–Kier alpha value is -1.40. The second kappa shape index (κ2) is 3.80. The largest absolute Gasteiger partial charge is 0.354 e. The van der Waals surface area contributed by atoms with Crippen LogP contribution in [0.1, 0.15) is 12.5 Å². The first kappa shape index (κ1) is 11.7. The third-order valence-electron chi connectivity index (χ3n) is 3.58. The average molecular weight is 265 g/mol. The lowest BCUT2D eigenvalue weighted by molar-refractivity contribution is 0.496. The topological polar surface area (TPSA) is 75.8 Å². The van der Waals surface area contributed by atoms with Gasteiger partial charge in [0.15, 0.2) is 5.84 Å². The standard InChI is InChI=1S/C12H15N3O2S/c1-8-6-15(7-10(8)13)12-9-4-2-3-5-11(9)18(16,17)14-12/h2-5,8,10H,6-7,13H2,1H3.